The van der Waals surface area contributed by atoms with Crippen LogP contribution in [0.25, 0.3) is 0 Å². The van der Waals surface area contributed by atoms with E-state index in [0.717, 1.165) is 20.8 Å². The average Bonchev–Trinajstić information content (AvgIpc) is 2.46. The van der Waals surface area contributed by atoms with Gasteiger partial charge in [-0.3, -0.25) is 28.8 Å². The summed E-state index contributed by atoms with van der Waals surface area (Å²) in [6, 6.07) is 0. The Morgan fingerprint density at radius 2 is 0.607 bits per heavy atom. The van der Waals surface area contributed by atoms with Crippen LogP contribution in [0.5, 0.6) is 0 Å². The van der Waals surface area contributed by atoms with Gasteiger partial charge in [0.1, 0.15) is 35.3 Å². The number of aliphatic carboxylic acids is 3. The molecule has 0 amide bonds. The minimum atomic E-state index is -1.80. The Hall–Kier alpha value is -2.83. The molecule has 13 heteroatoms. The van der Waals surface area contributed by atoms with Gasteiger partial charge in [0, 0.05) is 0 Å². The van der Waals surface area contributed by atoms with Crippen LogP contribution in [-0.2, 0) is 65.5 Å². The molecule has 0 saturated carbocycles. The van der Waals surface area contributed by atoms with Crippen molar-refractivity contribution >= 4 is 52.6 Å². The number of carboxylic acids is 3. The fourth-order valence-corrected chi connectivity index (χ4v) is 0.895. The van der Waals surface area contributed by atoms with E-state index in [9.17, 15) is 58.5 Å². The van der Waals surface area contributed by atoms with Crippen LogP contribution in [0.4, 0.5) is 0 Å². The third-order valence-electron chi connectivity index (χ3n) is 1.91. The van der Waals surface area contributed by atoms with Crippen molar-refractivity contribution < 1.29 is 80.9 Å². The van der Waals surface area contributed by atoms with Gasteiger partial charge in [0.05, 0.1) is 19.3 Å². The summed E-state index contributed by atoms with van der Waals surface area (Å²) >= 11 is 0. The molecular weight excluding hydrogens is 569 g/mol. The fraction of sp³-hybridized carbons (Fsp3) is 0.400. The molecule has 28 heavy (non-hydrogen) atoms. The van der Waals surface area contributed by atoms with Gasteiger partial charge in [-0.25, -0.2) is 0 Å². The maximum Gasteiger partial charge on any atom is 3.00 e. The largest absolute Gasteiger partial charge is 3.00 e. The molecule has 0 aromatic rings. The van der Waals surface area contributed by atoms with Gasteiger partial charge in [0.2, 0.25) is 0 Å². The fourth-order valence-electron chi connectivity index (χ4n) is 0.895. The summed E-state index contributed by atoms with van der Waals surface area (Å²) < 4.78 is 0. The monoisotopic (exact) mass is 584 g/mol. The summed E-state index contributed by atoms with van der Waals surface area (Å²) in [5, 5.41) is 28.9. The van der Waals surface area contributed by atoms with Crippen LogP contribution in [0.3, 0.4) is 0 Å². The summed E-state index contributed by atoms with van der Waals surface area (Å²) in [6.45, 7) is 3.42. The van der Waals surface area contributed by atoms with Crippen molar-refractivity contribution in [2.24, 2.45) is 0 Å². The maximum atomic E-state index is 10.1. The number of ketones is 6. The minimum absolute atomic E-state index is 0. The van der Waals surface area contributed by atoms with Crippen LogP contribution in [0.1, 0.15) is 40.0 Å². The number of Topliss-reactive ketones (excluding diaryl/α,β-unsaturated/α-hetero) is 6. The molecule has 0 spiro atoms. The Balaban J connectivity index is -0.000000152. The predicted molar refractivity (Wildman–Crippen MR) is 75.9 cm³/mol. The Labute approximate surface area is 173 Å². The number of rotatable bonds is 9. The molecule has 0 radical (unpaired) electrons. The Kier molecular flexibility index (Phi) is 20.6. The second-order valence-corrected chi connectivity index (χ2v) is 4.77. The van der Waals surface area contributed by atoms with E-state index in [2.05, 4.69) is 0 Å². The zero-order valence-corrected chi connectivity index (χ0v) is 17.0. The van der Waals surface area contributed by atoms with Crippen LogP contribution in [0.15, 0.2) is 0 Å². The van der Waals surface area contributed by atoms with Crippen LogP contribution < -0.4 is 15.3 Å². The Morgan fingerprint density at radius 3 is 0.643 bits per heavy atom. The van der Waals surface area contributed by atoms with Crippen LogP contribution in [0, 0.1) is 0 Å². The van der Waals surface area contributed by atoms with Crippen molar-refractivity contribution in [3.05, 3.63) is 0 Å². The molecule has 0 aliphatic heterocycles. The maximum absolute atomic E-state index is 10.1. The second kappa shape index (κ2) is 17.6. The standard InChI is InChI=1S/3C5H6O4.Au/c3*1-3(6)2-4(7)5(8)9;/h3*2H2,1H3,(H,8,9);/q;;;+3/p-3. The van der Waals surface area contributed by atoms with E-state index in [4.69, 9.17) is 0 Å². The zero-order valence-electron chi connectivity index (χ0n) is 14.8. The normalized spacial score (nSPS) is 8.25. The minimum Gasteiger partial charge on any atom is -0.542 e. The first-order valence-corrected chi connectivity index (χ1v) is 6.82. The summed E-state index contributed by atoms with van der Waals surface area (Å²) in [5.74, 6) is -10.3. The van der Waals surface area contributed by atoms with Crippen molar-refractivity contribution in [3.63, 3.8) is 0 Å². The summed E-state index contributed by atoms with van der Waals surface area (Å²) in [7, 11) is 0. The van der Waals surface area contributed by atoms with Gasteiger partial charge in [-0.05, 0) is 20.8 Å². The topological polar surface area (TPSA) is 223 Å². The molecule has 0 aromatic heterocycles. The third-order valence-corrected chi connectivity index (χ3v) is 1.91. The van der Waals surface area contributed by atoms with Crippen molar-refractivity contribution in [2.75, 3.05) is 0 Å². The first-order chi connectivity index (χ1) is 12.1. The van der Waals surface area contributed by atoms with Crippen molar-refractivity contribution in [3.8, 4) is 0 Å². The van der Waals surface area contributed by atoms with E-state index < -0.39 is 71.9 Å². The van der Waals surface area contributed by atoms with E-state index in [1.165, 1.54) is 0 Å². The number of hydrogen-bond acceptors (Lipinski definition) is 12. The molecule has 0 aliphatic carbocycles. The van der Waals surface area contributed by atoms with Gasteiger partial charge in [0.25, 0.3) is 0 Å². The molecule has 12 nitrogen and oxygen atoms in total. The molecule has 0 bridgehead atoms. The van der Waals surface area contributed by atoms with Crippen LogP contribution >= 0.6 is 0 Å². The summed E-state index contributed by atoms with van der Waals surface area (Å²) in [6.07, 6.45) is -1.70. The van der Waals surface area contributed by atoms with Crippen molar-refractivity contribution in [2.45, 2.75) is 40.0 Å². The quantitative estimate of drug-likeness (QED) is 0.141. The molecule has 0 fully saturated rings. The molecule has 0 saturated heterocycles. The molecule has 0 heterocycles. The molecule has 0 N–H and O–H groups in total. The third kappa shape index (κ3) is 25.4. The summed E-state index contributed by atoms with van der Waals surface area (Å²) in [5.41, 5.74) is 0. The van der Waals surface area contributed by atoms with Gasteiger partial charge < -0.3 is 29.7 Å². The van der Waals surface area contributed by atoms with E-state index in [-0.39, 0.29) is 22.4 Å². The van der Waals surface area contributed by atoms with E-state index >= 15 is 0 Å². The van der Waals surface area contributed by atoms with E-state index in [1.807, 2.05) is 0 Å². The zero-order chi connectivity index (χ0) is 22.3. The molecule has 0 atom stereocenters. The van der Waals surface area contributed by atoms with Crippen molar-refractivity contribution in [1.29, 1.82) is 0 Å². The smallest absolute Gasteiger partial charge is 0.542 e. The van der Waals surface area contributed by atoms with E-state index in [0.29, 0.717) is 0 Å². The number of carbonyl (C=O) groups excluding carboxylic acids is 9. The second-order valence-electron chi connectivity index (χ2n) is 4.77. The Morgan fingerprint density at radius 1 is 0.464 bits per heavy atom. The average molecular weight is 584 g/mol. The van der Waals surface area contributed by atoms with Crippen molar-refractivity contribution in [1.82, 2.24) is 0 Å². The summed E-state index contributed by atoms with van der Waals surface area (Å²) in [4.78, 5) is 89.2. The first kappa shape index (κ1) is 32.8. The van der Waals surface area contributed by atoms with Gasteiger partial charge in [-0.2, -0.15) is 0 Å². The predicted octanol–water partition coefficient (Wildman–Crippen LogP) is -5.15. The van der Waals surface area contributed by atoms with Gasteiger partial charge in [0.15, 0.2) is 17.3 Å². The molecule has 0 aromatic carbocycles. The first-order valence-electron chi connectivity index (χ1n) is 6.82. The molecule has 0 rings (SSSR count). The Bertz CT molecular complexity index is 572. The van der Waals surface area contributed by atoms with Gasteiger partial charge >= 0.3 is 22.4 Å². The van der Waals surface area contributed by atoms with Crippen LogP contribution in [0.2, 0.25) is 0 Å². The van der Waals surface area contributed by atoms with Gasteiger partial charge in [-0.1, -0.05) is 0 Å². The van der Waals surface area contributed by atoms with Crippen LogP contribution in [-0.4, -0.2) is 52.6 Å². The number of carboxylic acid groups (broad SMARTS) is 3. The number of hydrogen-bond donors (Lipinski definition) is 0. The molecular formula is C15H15AuO12. The van der Waals surface area contributed by atoms with Gasteiger partial charge in [-0.15, -0.1) is 0 Å². The molecule has 158 valence electrons. The van der Waals surface area contributed by atoms with E-state index in [1.54, 1.807) is 0 Å². The SMILES string of the molecule is CC(=O)CC(=O)C(=O)[O-].CC(=O)CC(=O)C(=O)[O-].CC(=O)CC(=O)C(=O)[O-].[Au+3]. The molecule has 0 aliphatic rings. The number of carbonyl (C=O) groups is 9. The molecule has 0 unspecified atom stereocenters.